The number of aromatic nitrogens is 1. The van der Waals surface area contributed by atoms with Gasteiger partial charge in [-0.05, 0) is 36.2 Å². The third-order valence-electron chi connectivity index (χ3n) is 4.62. The predicted molar refractivity (Wildman–Crippen MR) is 128 cm³/mol. The van der Waals surface area contributed by atoms with E-state index in [0.717, 1.165) is 0 Å². The van der Waals surface area contributed by atoms with Gasteiger partial charge >= 0.3 is 6.09 Å². The number of nitrogens with zero attached hydrogens (tertiary/aromatic N) is 1. The highest BCUT2D eigenvalue weighted by Gasteiger charge is 2.24. The lowest BCUT2D eigenvalue weighted by Crippen LogP contribution is -2.32. The van der Waals surface area contributed by atoms with Crippen LogP contribution in [0.5, 0.6) is 0 Å². The van der Waals surface area contributed by atoms with Crippen LogP contribution < -0.4 is 20.8 Å². The van der Waals surface area contributed by atoms with Crippen molar-refractivity contribution in [3.8, 4) is 0 Å². The van der Waals surface area contributed by atoms with E-state index in [4.69, 9.17) is 11.7 Å². The van der Waals surface area contributed by atoms with E-state index in [-0.39, 0.29) is 22.8 Å². The summed E-state index contributed by atoms with van der Waals surface area (Å²) < 4.78 is 36.2. The second kappa shape index (κ2) is 11.5. The first-order chi connectivity index (χ1) is 17.2. The number of rotatable bonds is 10. The van der Waals surface area contributed by atoms with Crippen molar-refractivity contribution in [3.63, 3.8) is 0 Å². The van der Waals surface area contributed by atoms with Crippen LogP contribution in [0.3, 0.4) is 0 Å². The first kappa shape index (κ1) is 24.3. The highest BCUT2D eigenvalue weighted by atomic mass is 32.2. The SMILES string of the molecule is [H]/N=C(/NO)c1cccc(CC(NS(=O)(=O)c2cccc(NC(=O)CNC(=O)O)c2)c2nccs2)c1. The fourth-order valence-electron chi connectivity index (χ4n) is 3.09. The van der Waals surface area contributed by atoms with E-state index in [1.807, 2.05) is 10.8 Å². The smallest absolute Gasteiger partial charge is 0.405 e. The monoisotopic (exact) mass is 518 g/mol. The highest BCUT2D eigenvalue weighted by Crippen LogP contribution is 2.25. The van der Waals surface area contributed by atoms with E-state index >= 15 is 0 Å². The molecular weight excluding hydrogens is 496 g/mol. The van der Waals surface area contributed by atoms with Crippen LogP contribution in [-0.2, 0) is 21.2 Å². The number of sulfonamides is 1. The fraction of sp³-hybridized carbons (Fsp3) is 0.143. The van der Waals surface area contributed by atoms with E-state index in [2.05, 4.69) is 20.4 Å². The molecule has 0 saturated heterocycles. The maximum Gasteiger partial charge on any atom is 0.405 e. The minimum absolute atomic E-state index is 0.0688. The summed E-state index contributed by atoms with van der Waals surface area (Å²) in [6.07, 6.45) is 0.397. The number of carbonyl (C=O) groups excluding carboxylic acids is 1. The summed E-state index contributed by atoms with van der Waals surface area (Å²) in [4.78, 5) is 26.6. The van der Waals surface area contributed by atoms with Gasteiger partial charge in [-0.3, -0.25) is 20.9 Å². The molecular formula is C21H22N6O6S2. The molecule has 35 heavy (non-hydrogen) atoms. The van der Waals surface area contributed by atoms with E-state index in [0.29, 0.717) is 16.1 Å². The summed E-state index contributed by atoms with van der Waals surface area (Å²) in [5.41, 5.74) is 3.15. The molecule has 1 unspecified atom stereocenters. The molecule has 0 spiro atoms. The van der Waals surface area contributed by atoms with E-state index in [1.165, 1.54) is 35.6 Å². The summed E-state index contributed by atoms with van der Waals surface area (Å²) in [6.45, 7) is -0.492. The van der Waals surface area contributed by atoms with Crippen molar-refractivity contribution in [3.05, 3.63) is 76.2 Å². The third kappa shape index (κ3) is 7.31. The van der Waals surface area contributed by atoms with Crippen molar-refractivity contribution in [2.24, 2.45) is 0 Å². The fourth-order valence-corrected chi connectivity index (χ4v) is 5.10. The van der Waals surface area contributed by atoms with Gasteiger partial charge in [-0.25, -0.2) is 22.9 Å². The van der Waals surface area contributed by atoms with Crippen LogP contribution in [0, 0.1) is 5.40 Å². The lowest BCUT2D eigenvalue weighted by atomic mass is 10.0. The minimum Gasteiger partial charge on any atom is -0.465 e. The molecule has 0 aliphatic carbocycles. The average molecular weight is 519 g/mol. The van der Waals surface area contributed by atoms with Gasteiger partial charge in [0, 0.05) is 22.8 Å². The summed E-state index contributed by atoms with van der Waals surface area (Å²) in [6, 6.07) is 11.5. The van der Waals surface area contributed by atoms with Crippen LogP contribution in [0.2, 0.25) is 1.41 Å². The number of carboxylic acid groups (broad SMARTS) is 1. The van der Waals surface area contributed by atoms with Gasteiger partial charge in [0.05, 0.1) is 10.9 Å². The van der Waals surface area contributed by atoms with Crippen LogP contribution in [0.25, 0.3) is 0 Å². The Morgan fingerprint density at radius 1 is 1.20 bits per heavy atom. The Morgan fingerprint density at radius 3 is 2.69 bits per heavy atom. The molecule has 2 aromatic carbocycles. The van der Waals surface area contributed by atoms with Gasteiger partial charge in [0.15, 0.2) is 1.41 Å². The molecule has 0 fully saturated rings. The normalized spacial score (nSPS) is 12.9. The molecule has 12 nitrogen and oxygen atoms in total. The number of nitrogens with one attached hydrogen (secondary N) is 5. The van der Waals surface area contributed by atoms with Crippen LogP contribution in [-0.4, -0.2) is 48.1 Å². The number of hydroxylamine groups is 1. The second-order valence-corrected chi connectivity index (χ2v) is 9.78. The van der Waals surface area contributed by atoms with Gasteiger partial charge in [0.2, 0.25) is 15.9 Å². The highest BCUT2D eigenvalue weighted by molar-refractivity contribution is 7.89. The molecule has 184 valence electrons. The van der Waals surface area contributed by atoms with Crippen molar-refractivity contribution in [2.45, 2.75) is 17.4 Å². The Labute approximate surface area is 206 Å². The van der Waals surface area contributed by atoms with Crippen molar-refractivity contribution in [1.82, 2.24) is 20.5 Å². The molecule has 3 aromatic rings. The Morgan fingerprint density at radius 2 is 2.00 bits per heavy atom. The summed E-state index contributed by atoms with van der Waals surface area (Å²) in [5.74, 6) is -0.728. The van der Waals surface area contributed by atoms with Crippen molar-refractivity contribution >= 4 is 44.9 Å². The Balaban J connectivity index is 1.82. The van der Waals surface area contributed by atoms with Crippen LogP contribution in [0.1, 0.15) is 22.2 Å². The first-order valence-electron chi connectivity index (χ1n) is 10.5. The molecule has 7 N–H and O–H groups in total. The molecule has 0 bridgehead atoms. The third-order valence-corrected chi connectivity index (χ3v) is 6.98. The number of hydrogen-bond acceptors (Lipinski definition) is 8. The number of hydrogen-bond donors (Lipinski definition) is 7. The maximum atomic E-state index is 13.2. The molecule has 1 aromatic heterocycles. The topological polar surface area (TPSA) is 194 Å². The van der Waals surface area contributed by atoms with E-state index in [9.17, 15) is 18.0 Å². The van der Waals surface area contributed by atoms with Crippen LogP contribution in [0.4, 0.5) is 10.5 Å². The zero-order valence-corrected chi connectivity index (χ0v) is 19.6. The molecule has 0 radical (unpaired) electrons. The minimum atomic E-state index is -4.08. The maximum absolute atomic E-state index is 13.2. The first-order valence-corrected chi connectivity index (χ1v) is 12.4. The summed E-state index contributed by atoms with van der Waals surface area (Å²) >= 11 is 1.27. The molecule has 0 aliphatic rings. The number of amidine groups is 1. The molecule has 1 heterocycles. The number of carbonyl (C=O) groups is 2. The number of benzene rings is 2. The van der Waals surface area contributed by atoms with E-state index in [1.54, 1.807) is 35.8 Å². The van der Waals surface area contributed by atoms with Crippen molar-refractivity contribution < 1.29 is 29.7 Å². The number of thiazole rings is 1. The van der Waals surface area contributed by atoms with Gasteiger partial charge in [-0.2, -0.15) is 0 Å². The Kier molecular flexibility index (Phi) is 7.99. The largest absolute Gasteiger partial charge is 0.465 e. The molecule has 1 atom stereocenters. The zero-order chi connectivity index (χ0) is 26.1. The van der Waals surface area contributed by atoms with Crippen molar-refractivity contribution in [2.75, 3.05) is 11.9 Å². The van der Waals surface area contributed by atoms with E-state index < -0.39 is 34.6 Å². The van der Waals surface area contributed by atoms with Gasteiger partial charge in [0.1, 0.15) is 17.4 Å². The average Bonchev–Trinajstić information content (AvgIpc) is 3.39. The standard InChI is InChI=1S/C21H22N6O6S2/c22-19(26-31)14-4-1-3-13(9-14)10-17(20-23-7-8-34-20)27-35(32,33)16-6-2-5-15(11-16)25-18(28)12-24-21(29)30/h1-9,11,17,24,27,31H,10,12H2,(H2,22,26)(H,25,28)(H,29,30). The summed E-state index contributed by atoms with van der Waals surface area (Å²) in [7, 11) is -4.08. The number of anilines is 1. The zero-order valence-electron chi connectivity index (χ0n) is 19.0. The Bertz CT molecular complexity index is 1350. The molecule has 14 heteroatoms. The van der Waals surface area contributed by atoms with Crippen LogP contribution >= 0.6 is 11.3 Å². The summed E-state index contributed by atoms with van der Waals surface area (Å²) in [5, 5.41) is 27.6. The lowest BCUT2D eigenvalue weighted by molar-refractivity contribution is -0.115. The van der Waals surface area contributed by atoms with Crippen LogP contribution in [0.15, 0.2) is 65.0 Å². The predicted octanol–water partition coefficient (Wildman–Crippen LogP) is 1.92. The van der Waals surface area contributed by atoms with Gasteiger partial charge in [-0.15, -0.1) is 11.3 Å². The van der Waals surface area contributed by atoms with Gasteiger partial charge in [-0.1, -0.05) is 24.3 Å². The van der Waals surface area contributed by atoms with Gasteiger partial charge in [0.25, 0.3) is 0 Å². The molecule has 2 amide bonds. The quantitative estimate of drug-likeness (QED) is 0.120. The Hall–Kier alpha value is -3.85. The van der Waals surface area contributed by atoms with Crippen molar-refractivity contribution in [1.29, 1.82) is 5.40 Å². The van der Waals surface area contributed by atoms with Gasteiger partial charge < -0.3 is 15.7 Å². The molecule has 0 aliphatic heterocycles. The second-order valence-electron chi connectivity index (χ2n) is 7.14. The molecule has 0 saturated carbocycles. The number of amides is 2. The lowest BCUT2D eigenvalue weighted by Gasteiger charge is -2.18. The molecule has 3 rings (SSSR count).